The molecule has 0 aromatic heterocycles. The molecule has 1 atom stereocenters. The fraction of sp³-hybridized carbons (Fsp3) is 0.200. The monoisotopic (exact) mass is 223 g/mol. The number of carbonyl (C=O) groups excluding carboxylic acids is 2. The van der Waals surface area contributed by atoms with E-state index in [0.29, 0.717) is 5.56 Å². The molecule has 0 fully saturated rings. The molecule has 0 saturated heterocycles. The van der Waals surface area contributed by atoms with Crippen LogP contribution in [0.5, 0.6) is 5.75 Å². The summed E-state index contributed by atoms with van der Waals surface area (Å²) in [5.74, 6) is -1.33. The molecular weight excluding hydrogens is 212 g/mol. The molecule has 86 valence electrons. The Labute approximate surface area is 91.7 Å². The van der Waals surface area contributed by atoms with Crippen molar-refractivity contribution in [3.63, 3.8) is 0 Å². The molecule has 2 amide bonds. The molecule has 0 saturated carbocycles. The Morgan fingerprint density at radius 3 is 2.38 bits per heavy atom. The standard InChI is InChI=1S/C10H12N2O4/c11-10(16)12-8(9(14)15)5-6-1-3-7(13)4-2-6/h1-4,8,13H,5H2,(H,14,15)(H3,11,12,16)/p-1/t8-/m0/s1. The number of hydrogen-bond donors (Lipinski definition) is 3. The smallest absolute Gasteiger partial charge is 0.312 e. The quantitative estimate of drug-likeness (QED) is 0.589. The minimum absolute atomic E-state index is 0.0472. The summed E-state index contributed by atoms with van der Waals surface area (Å²) in [7, 11) is 0. The van der Waals surface area contributed by atoms with Crippen molar-refractivity contribution in [2.24, 2.45) is 5.73 Å². The first-order chi connectivity index (χ1) is 7.49. The number of aliphatic carboxylic acids is 1. The number of carbonyl (C=O) groups is 2. The van der Waals surface area contributed by atoms with Gasteiger partial charge < -0.3 is 26.1 Å². The molecule has 0 unspecified atom stereocenters. The number of benzene rings is 1. The van der Waals surface area contributed by atoms with Crippen LogP contribution in [0.4, 0.5) is 4.79 Å². The van der Waals surface area contributed by atoms with Gasteiger partial charge in [-0.25, -0.2) is 4.79 Å². The van der Waals surface area contributed by atoms with Crippen LogP contribution in [0.3, 0.4) is 0 Å². The molecule has 1 aromatic rings. The van der Waals surface area contributed by atoms with Crippen LogP contribution in [0.25, 0.3) is 0 Å². The number of aromatic hydroxyl groups is 1. The van der Waals surface area contributed by atoms with E-state index in [1.807, 2.05) is 0 Å². The van der Waals surface area contributed by atoms with E-state index in [2.05, 4.69) is 5.32 Å². The molecule has 0 aliphatic heterocycles. The van der Waals surface area contributed by atoms with E-state index in [1.165, 1.54) is 12.1 Å². The molecule has 0 heterocycles. The summed E-state index contributed by atoms with van der Waals surface area (Å²) in [6.45, 7) is 0. The molecule has 0 spiro atoms. The minimum atomic E-state index is -1.41. The Morgan fingerprint density at radius 1 is 1.38 bits per heavy atom. The maximum Gasteiger partial charge on any atom is 0.312 e. The topological polar surface area (TPSA) is 115 Å². The van der Waals surface area contributed by atoms with Crippen molar-refractivity contribution < 1.29 is 19.8 Å². The number of amides is 2. The summed E-state index contributed by atoms with van der Waals surface area (Å²) < 4.78 is 0. The van der Waals surface area contributed by atoms with E-state index in [1.54, 1.807) is 12.1 Å². The highest BCUT2D eigenvalue weighted by atomic mass is 16.4. The molecular formula is C10H11N2O4-. The van der Waals surface area contributed by atoms with Crippen LogP contribution in [-0.4, -0.2) is 23.1 Å². The lowest BCUT2D eigenvalue weighted by Crippen LogP contribution is -2.50. The second kappa shape index (κ2) is 5.01. The molecule has 0 aliphatic rings. The lowest BCUT2D eigenvalue weighted by molar-refractivity contribution is -0.308. The van der Waals surface area contributed by atoms with Crippen LogP contribution in [0, 0.1) is 0 Å². The molecule has 1 rings (SSSR count). The number of nitrogens with two attached hydrogens (primary N) is 1. The van der Waals surface area contributed by atoms with Crippen molar-refractivity contribution in [2.75, 3.05) is 0 Å². The van der Waals surface area contributed by atoms with Crippen molar-refractivity contribution in [3.05, 3.63) is 29.8 Å². The van der Waals surface area contributed by atoms with Crippen LogP contribution >= 0.6 is 0 Å². The predicted octanol–water partition coefficient (Wildman–Crippen LogP) is -1.28. The molecule has 16 heavy (non-hydrogen) atoms. The van der Waals surface area contributed by atoms with Crippen LogP contribution in [0.1, 0.15) is 5.56 Å². The van der Waals surface area contributed by atoms with Gasteiger partial charge in [-0.05, 0) is 24.1 Å². The van der Waals surface area contributed by atoms with Gasteiger partial charge in [0.1, 0.15) is 5.75 Å². The van der Waals surface area contributed by atoms with E-state index in [4.69, 9.17) is 10.8 Å². The summed E-state index contributed by atoms with van der Waals surface area (Å²) in [6, 6.07) is 3.84. The Bertz CT molecular complexity index is 388. The molecule has 0 aliphatic carbocycles. The third kappa shape index (κ3) is 3.49. The summed E-state index contributed by atoms with van der Waals surface area (Å²) in [5, 5.41) is 21.8. The highest BCUT2D eigenvalue weighted by Gasteiger charge is 2.12. The maximum absolute atomic E-state index is 10.7. The Hall–Kier alpha value is -2.24. The third-order valence-corrected chi connectivity index (χ3v) is 1.98. The predicted molar refractivity (Wildman–Crippen MR) is 53.3 cm³/mol. The molecule has 6 nitrogen and oxygen atoms in total. The zero-order valence-corrected chi connectivity index (χ0v) is 8.34. The molecule has 4 N–H and O–H groups in total. The van der Waals surface area contributed by atoms with E-state index in [0.717, 1.165) is 0 Å². The van der Waals surface area contributed by atoms with Crippen LogP contribution in [0.2, 0.25) is 0 Å². The van der Waals surface area contributed by atoms with Gasteiger partial charge in [0.15, 0.2) is 0 Å². The van der Waals surface area contributed by atoms with E-state index in [-0.39, 0.29) is 12.2 Å². The number of carboxylic acid groups (broad SMARTS) is 1. The number of phenolic OH excluding ortho intramolecular Hbond substituents is 1. The van der Waals surface area contributed by atoms with E-state index in [9.17, 15) is 14.7 Å². The number of nitrogens with one attached hydrogen (secondary N) is 1. The number of phenols is 1. The maximum atomic E-state index is 10.7. The molecule has 0 radical (unpaired) electrons. The summed E-state index contributed by atoms with van der Waals surface area (Å²) in [6.07, 6.45) is 0.0472. The van der Waals surface area contributed by atoms with Crippen LogP contribution in [0.15, 0.2) is 24.3 Å². The number of rotatable bonds is 4. The number of carboxylic acids is 1. The van der Waals surface area contributed by atoms with Crippen molar-refractivity contribution in [1.29, 1.82) is 0 Å². The van der Waals surface area contributed by atoms with Crippen molar-refractivity contribution >= 4 is 12.0 Å². The normalized spacial score (nSPS) is 11.8. The zero-order valence-electron chi connectivity index (χ0n) is 8.34. The van der Waals surface area contributed by atoms with E-state index >= 15 is 0 Å². The Morgan fingerprint density at radius 2 is 1.94 bits per heavy atom. The summed E-state index contributed by atoms with van der Waals surface area (Å²) in [4.78, 5) is 21.2. The van der Waals surface area contributed by atoms with Gasteiger partial charge in [-0.1, -0.05) is 12.1 Å². The average Bonchev–Trinajstić information content (AvgIpc) is 2.19. The number of urea groups is 1. The zero-order chi connectivity index (χ0) is 12.1. The first kappa shape index (κ1) is 11.8. The van der Waals surface area contributed by atoms with Gasteiger partial charge in [0, 0.05) is 0 Å². The van der Waals surface area contributed by atoms with Crippen molar-refractivity contribution in [3.8, 4) is 5.75 Å². The van der Waals surface area contributed by atoms with Gasteiger partial charge >= 0.3 is 6.03 Å². The second-order valence-electron chi connectivity index (χ2n) is 3.25. The molecule has 0 bridgehead atoms. The van der Waals surface area contributed by atoms with Crippen LogP contribution in [-0.2, 0) is 11.2 Å². The average molecular weight is 223 g/mol. The van der Waals surface area contributed by atoms with Crippen molar-refractivity contribution in [1.82, 2.24) is 5.32 Å². The number of hydrogen-bond acceptors (Lipinski definition) is 4. The van der Waals surface area contributed by atoms with Crippen molar-refractivity contribution in [2.45, 2.75) is 12.5 Å². The fourth-order valence-corrected chi connectivity index (χ4v) is 1.23. The fourth-order valence-electron chi connectivity index (χ4n) is 1.23. The lowest BCUT2D eigenvalue weighted by Gasteiger charge is -2.18. The van der Waals surface area contributed by atoms with Gasteiger partial charge in [0.25, 0.3) is 0 Å². The third-order valence-electron chi connectivity index (χ3n) is 1.98. The first-order valence-corrected chi connectivity index (χ1v) is 4.54. The summed E-state index contributed by atoms with van der Waals surface area (Å²) in [5.41, 5.74) is 5.47. The van der Waals surface area contributed by atoms with Gasteiger partial charge in [-0.2, -0.15) is 0 Å². The summed E-state index contributed by atoms with van der Waals surface area (Å²) >= 11 is 0. The second-order valence-corrected chi connectivity index (χ2v) is 3.25. The Balaban J connectivity index is 2.71. The molecule has 1 aromatic carbocycles. The van der Waals surface area contributed by atoms with E-state index < -0.39 is 18.0 Å². The first-order valence-electron chi connectivity index (χ1n) is 4.54. The SMILES string of the molecule is NC(=O)N[C@@H](Cc1ccc(O)cc1)C(=O)[O-]. The van der Waals surface area contributed by atoms with Gasteiger partial charge in [0.05, 0.1) is 12.0 Å². The lowest BCUT2D eigenvalue weighted by atomic mass is 10.1. The molecule has 6 heteroatoms. The largest absolute Gasteiger partial charge is 0.548 e. The van der Waals surface area contributed by atoms with Crippen LogP contribution < -0.4 is 16.2 Å². The van der Waals surface area contributed by atoms with Gasteiger partial charge in [0.2, 0.25) is 0 Å². The minimum Gasteiger partial charge on any atom is -0.548 e. The van der Waals surface area contributed by atoms with Gasteiger partial charge in [-0.15, -0.1) is 0 Å². The Kier molecular flexibility index (Phi) is 3.71. The highest BCUT2D eigenvalue weighted by Crippen LogP contribution is 2.11. The van der Waals surface area contributed by atoms with Gasteiger partial charge in [-0.3, -0.25) is 0 Å². The number of primary amides is 1. The highest BCUT2D eigenvalue weighted by molar-refractivity contribution is 5.80.